The molecule has 0 saturated heterocycles. The molecule has 0 aromatic heterocycles. The van der Waals surface area contributed by atoms with Gasteiger partial charge in [0.05, 0.1) is 11.1 Å². The first-order valence-corrected chi connectivity index (χ1v) is 5.69. The van der Waals surface area contributed by atoms with Gasteiger partial charge >= 0.3 is 0 Å². The third-order valence-corrected chi connectivity index (χ3v) is 3.75. The molecule has 1 aromatic carbocycles. The molecule has 1 radical (unpaired) electrons. The Bertz CT molecular complexity index is 460. The molecule has 0 spiro atoms. The van der Waals surface area contributed by atoms with E-state index in [1.807, 2.05) is 39.8 Å². The van der Waals surface area contributed by atoms with E-state index >= 15 is 0 Å². The molecule has 1 aliphatic heterocycles. The molecule has 0 saturated carbocycles. The fourth-order valence-corrected chi connectivity index (χ4v) is 1.77. The first-order chi connectivity index (χ1) is 7.75. The molecule has 2 N–H and O–H groups in total. The Morgan fingerprint density at radius 1 is 1.12 bits per heavy atom. The number of rotatable bonds is 1. The number of anilines is 1. The number of amidine groups is 1. The maximum atomic E-state index is 12.3. The van der Waals surface area contributed by atoms with Gasteiger partial charge < -0.3 is 5.73 Å². The van der Waals surface area contributed by atoms with Gasteiger partial charge in [-0.1, -0.05) is 5.21 Å². The second-order valence-electron chi connectivity index (χ2n) is 5.47. The monoisotopic (exact) mass is 232 g/mol. The lowest BCUT2D eigenvalue weighted by atomic mass is 9.84. The topological polar surface area (TPSA) is 61.5 Å². The van der Waals surface area contributed by atoms with Crippen molar-refractivity contribution in [1.29, 1.82) is 0 Å². The largest absolute Gasteiger partial charge is 0.399 e. The van der Waals surface area contributed by atoms with Gasteiger partial charge in [-0.25, -0.2) is 0 Å². The molecule has 1 heterocycles. The van der Waals surface area contributed by atoms with Crippen LogP contribution in [0, 0.1) is 0 Å². The van der Waals surface area contributed by atoms with E-state index in [0.29, 0.717) is 11.5 Å². The van der Waals surface area contributed by atoms with Crippen LogP contribution in [0.4, 0.5) is 5.69 Å². The van der Waals surface area contributed by atoms with Gasteiger partial charge in [-0.2, -0.15) is 5.06 Å². The van der Waals surface area contributed by atoms with E-state index in [9.17, 15) is 5.21 Å². The van der Waals surface area contributed by atoms with E-state index in [1.54, 1.807) is 12.1 Å². The molecule has 4 nitrogen and oxygen atoms in total. The summed E-state index contributed by atoms with van der Waals surface area (Å²) in [4.78, 5) is 4.54. The fourth-order valence-electron chi connectivity index (χ4n) is 1.77. The van der Waals surface area contributed by atoms with Gasteiger partial charge in [0, 0.05) is 11.3 Å². The van der Waals surface area contributed by atoms with Crippen LogP contribution in [-0.4, -0.2) is 22.0 Å². The number of hydrogen-bond acceptors (Lipinski definition) is 3. The third kappa shape index (κ3) is 1.69. The minimum Gasteiger partial charge on any atom is -0.399 e. The number of hydrogen-bond donors (Lipinski definition) is 1. The third-order valence-electron chi connectivity index (χ3n) is 3.75. The highest BCUT2D eigenvalue weighted by molar-refractivity contribution is 6.00. The Morgan fingerprint density at radius 3 is 2.06 bits per heavy atom. The van der Waals surface area contributed by atoms with Crippen LogP contribution >= 0.6 is 0 Å². The fraction of sp³-hybridized carbons (Fsp3) is 0.462. The summed E-state index contributed by atoms with van der Waals surface area (Å²) in [5, 5.41) is 13.3. The van der Waals surface area contributed by atoms with E-state index in [2.05, 4.69) is 4.99 Å². The highest BCUT2D eigenvalue weighted by Crippen LogP contribution is 2.38. The number of nitrogen functional groups attached to an aromatic ring is 1. The summed E-state index contributed by atoms with van der Waals surface area (Å²) in [7, 11) is 0. The molecule has 0 fully saturated rings. The van der Waals surface area contributed by atoms with Crippen molar-refractivity contribution in [2.75, 3.05) is 5.73 Å². The van der Waals surface area contributed by atoms with E-state index in [0.717, 1.165) is 10.6 Å². The Morgan fingerprint density at radius 2 is 1.65 bits per heavy atom. The Labute approximate surface area is 102 Å². The van der Waals surface area contributed by atoms with E-state index in [1.165, 1.54) is 0 Å². The molecule has 17 heavy (non-hydrogen) atoms. The number of benzene rings is 1. The Hall–Kier alpha value is -1.55. The van der Waals surface area contributed by atoms with Crippen LogP contribution in [0.3, 0.4) is 0 Å². The second kappa shape index (κ2) is 3.47. The minimum absolute atomic E-state index is 0.397. The molecule has 0 atom stereocenters. The summed E-state index contributed by atoms with van der Waals surface area (Å²) in [5.41, 5.74) is 6.20. The summed E-state index contributed by atoms with van der Waals surface area (Å²) in [5.74, 6) is 0.486. The van der Waals surface area contributed by atoms with Crippen LogP contribution in [0.25, 0.3) is 0 Å². The summed E-state index contributed by atoms with van der Waals surface area (Å²) in [6, 6.07) is 7.22. The van der Waals surface area contributed by atoms with Gasteiger partial charge in [-0.3, -0.25) is 4.99 Å². The molecule has 1 aliphatic rings. The molecular formula is C13H18N3O. The highest BCUT2D eigenvalue weighted by Gasteiger charge is 2.49. The zero-order valence-corrected chi connectivity index (χ0v) is 10.7. The van der Waals surface area contributed by atoms with Gasteiger partial charge in [0.1, 0.15) is 0 Å². The minimum atomic E-state index is -0.538. The first kappa shape index (κ1) is 11.9. The van der Waals surface area contributed by atoms with Crippen molar-refractivity contribution in [3.8, 4) is 0 Å². The lowest BCUT2D eigenvalue weighted by molar-refractivity contribution is -0.158. The zero-order valence-electron chi connectivity index (χ0n) is 10.7. The van der Waals surface area contributed by atoms with Crippen LogP contribution in [0.1, 0.15) is 33.3 Å². The number of nitrogens with zero attached hydrogens (tertiary/aromatic N) is 2. The summed E-state index contributed by atoms with van der Waals surface area (Å²) in [6.07, 6.45) is 0. The van der Waals surface area contributed by atoms with Gasteiger partial charge in [0.25, 0.3) is 0 Å². The standard InChI is InChI=1S/C13H18N3O/c1-12(2)13(3,4)16(17)11(15-12)9-5-7-10(14)8-6-9/h5-8H,14H2,1-4H3. The van der Waals surface area contributed by atoms with Crippen molar-refractivity contribution >= 4 is 11.5 Å². The van der Waals surface area contributed by atoms with Crippen LogP contribution in [0.15, 0.2) is 29.3 Å². The highest BCUT2D eigenvalue weighted by atomic mass is 16.5. The van der Waals surface area contributed by atoms with Crippen molar-refractivity contribution in [1.82, 2.24) is 5.06 Å². The van der Waals surface area contributed by atoms with Crippen molar-refractivity contribution < 1.29 is 5.21 Å². The van der Waals surface area contributed by atoms with Crippen LogP contribution in [0.2, 0.25) is 0 Å². The molecule has 1 aromatic rings. The molecule has 91 valence electrons. The molecule has 2 rings (SSSR count). The predicted octanol–water partition coefficient (Wildman–Crippen LogP) is 2.23. The molecule has 0 amide bonds. The van der Waals surface area contributed by atoms with Crippen molar-refractivity contribution in [2.24, 2.45) is 4.99 Å². The van der Waals surface area contributed by atoms with Gasteiger partial charge in [0.2, 0.25) is 0 Å². The lowest BCUT2D eigenvalue weighted by Gasteiger charge is -2.35. The van der Waals surface area contributed by atoms with Crippen molar-refractivity contribution in [2.45, 2.75) is 38.8 Å². The smallest absolute Gasteiger partial charge is 0.159 e. The zero-order chi connectivity index (χ0) is 12.8. The van der Waals surface area contributed by atoms with Crippen LogP contribution < -0.4 is 5.73 Å². The van der Waals surface area contributed by atoms with Gasteiger partial charge in [-0.05, 0) is 52.0 Å². The first-order valence-electron chi connectivity index (χ1n) is 5.69. The molecule has 0 bridgehead atoms. The van der Waals surface area contributed by atoms with E-state index in [4.69, 9.17) is 5.73 Å². The number of aliphatic imine (C=N–C) groups is 1. The number of nitrogens with two attached hydrogens (primary N) is 1. The predicted molar refractivity (Wildman–Crippen MR) is 68.1 cm³/mol. The van der Waals surface area contributed by atoms with Crippen molar-refractivity contribution in [3.63, 3.8) is 0 Å². The average Bonchev–Trinajstić information content (AvgIpc) is 2.40. The molecule has 0 unspecified atom stereocenters. The Kier molecular flexibility index (Phi) is 2.43. The maximum absolute atomic E-state index is 12.3. The quantitative estimate of drug-likeness (QED) is 0.755. The van der Waals surface area contributed by atoms with Crippen molar-refractivity contribution in [3.05, 3.63) is 29.8 Å². The van der Waals surface area contributed by atoms with Gasteiger partial charge in [-0.15, -0.1) is 0 Å². The SMILES string of the molecule is CC1(C)N=C(c2ccc(N)cc2)N([O])C1(C)C. The lowest BCUT2D eigenvalue weighted by Crippen LogP contribution is -2.50. The van der Waals surface area contributed by atoms with Crippen LogP contribution in [0.5, 0.6) is 0 Å². The van der Waals surface area contributed by atoms with Crippen LogP contribution in [-0.2, 0) is 5.21 Å². The summed E-state index contributed by atoms with van der Waals surface area (Å²) < 4.78 is 0. The maximum Gasteiger partial charge on any atom is 0.159 e. The second-order valence-corrected chi connectivity index (χ2v) is 5.47. The molecule has 4 heteroatoms. The summed E-state index contributed by atoms with van der Waals surface area (Å²) >= 11 is 0. The Balaban J connectivity index is 2.45. The molecule has 0 aliphatic carbocycles. The number of hydroxylamine groups is 2. The normalized spacial score (nSPS) is 21.5. The average molecular weight is 232 g/mol. The molecular weight excluding hydrogens is 214 g/mol. The van der Waals surface area contributed by atoms with E-state index < -0.39 is 11.1 Å². The van der Waals surface area contributed by atoms with E-state index in [-0.39, 0.29) is 0 Å². The summed E-state index contributed by atoms with van der Waals surface area (Å²) in [6.45, 7) is 7.77. The van der Waals surface area contributed by atoms with Gasteiger partial charge in [0.15, 0.2) is 5.84 Å².